The first-order valence-corrected chi connectivity index (χ1v) is 5.19. The van der Waals surface area contributed by atoms with Crippen LogP contribution in [-0.2, 0) is 5.41 Å². The highest BCUT2D eigenvalue weighted by Gasteiger charge is 2.15. The molecule has 0 aromatic heterocycles. The average Bonchev–Trinajstić information content (AvgIpc) is 2.14. The van der Waals surface area contributed by atoms with Gasteiger partial charge in [0.15, 0.2) is 0 Å². The van der Waals surface area contributed by atoms with Gasteiger partial charge in [0.25, 0.3) is 0 Å². The molecular weight excluding hydrogens is 208 g/mol. The molecule has 0 saturated heterocycles. The van der Waals surface area contributed by atoms with Crippen LogP contribution in [0.1, 0.15) is 26.3 Å². The molecule has 1 aromatic rings. The van der Waals surface area contributed by atoms with Crippen molar-refractivity contribution in [1.29, 1.82) is 0 Å². The number of hydrogen-bond donors (Lipinski definition) is 0. The zero-order valence-corrected chi connectivity index (χ0v) is 10.1. The average molecular weight is 223 g/mol. The molecule has 15 heavy (non-hydrogen) atoms. The fourth-order valence-electron chi connectivity index (χ4n) is 1.20. The smallest absolute Gasteiger partial charge is 0.148 e. The highest BCUT2D eigenvalue weighted by atomic mass is 35.5. The molecule has 0 N–H and O–H groups in total. The lowest BCUT2D eigenvalue weighted by Crippen LogP contribution is -2.10. The minimum atomic E-state index is 0.0916. The van der Waals surface area contributed by atoms with Crippen molar-refractivity contribution in [3.05, 3.63) is 28.8 Å². The molecule has 2 heteroatoms. The van der Waals surface area contributed by atoms with Crippen LogP contribution in [0, 0.1) is 12.3 Å². The van der Waals surface area contributed by atoms with E-state index >= 15 is 0 Å². The van der Waals surface area contributed by atoms with E-state index in [2.05, 4.69) is 26.7 Å². The van der Waals surface area contributed by atoms with Crippen molar-refractivity contribution in [2.75, 3.05) is 6.61 Å². The monoisotopic (exact) mass is 222 g/mol. The minimum absolute atomic E-state index is 0.0916. The predicted molar refractivity (Wildman–Crippen MR) is 64.5 cm³/mol. The largest absolute Gasteiger partial charge is 0.479 e. The number of rotatable bonds is 2. The van der Waals surface area contributed by atoms with Gasteiger partial charge in [-0.2, -0.15) is 0 Å². The summed E-state index contributed by atoms with van der Waals surface area (Å²) in [6, 6.07) is 5.80. The normalized spacial score (nSPS) is 10.9. The Labute approximate surface area is 96.4 Å². The highest BCUT2D eigenvalue weighted by molar-refractivity contribution is 6.32. The van der Waals surface area contributed by atoms with Crippen LogP contribution < -0.4 is 4.74 Å². The van der Waals surface area contributed by atoms with Crippen LogP contribution in [0.3, 0.4) is 0 Å². The van der Waals surface area contributed by atoms with Gasteiger partial charge in [0.1, 0.15) is 12.4 Å². The maximum absolute atomic E-state index is 6.08. The molecule has 1 rings (SSSR count). The van der Waals surface area contributed by atoms with Crippen LogP contribution in [0.2, 0.25) is 5.02 Å². The van der Waals surface area contributed by atoms with Crippen molar-refractivity contribution >= 4 is 11.6 Å². The summed E-state index contributed by atoms with van der Waals surface area (Å²) in [5, 5.41) is 0.609. The summed E-state index contributed by atoms with van der Waals surface area (Å²) in [6.45, 7) is 6.66. The predicted octanol–water partition coefficient (Wildman–Crippen LogP) is 3.65. The van der Waals surface area contributed by atoms with Gasteiger partial charge < -0.3 is 4.74 Å². The quantitative estimate of drug-likeness (QED) is 0.695. The molecule has 0 fully saturated rings. The van der Waals surface area contributed by atoms with Gasteiger partial charge in [-0.25, -0.2) is 0 Å². The molecule has 0 bridgehead atoms. The number of benzene rings is 1. The van der Waals surface area contributed by atoms with Crippen molar-refractivity contribution < 1.29 is 4.74 Å². The van der Waals surface area contributed by atoms with Gasteiger partial charge in [-0.1, -0.05) is 44.4 Å². The zero-order chi connectivity index (χ0) is 11.5. The first kappa shape index (κ1) is 11.9. The molecule has 0 unspecified atom stereocenters. The molecule has 0 aliphatic carbocycles. The summed E-state index contributed by atoms with van der Waals surface area (Å²) in [4.78, 5) is 0. The molecule has 0 atom stereocenters. The zero-order valence-electron chi connectivity index (χ0n) is 9.30. The van der Waals surface area contributed by atoms with E-state index < -0.39 is 0 Å². The Morgan fingerprint density at radius 2 is 2.07 bits per heavy atom. The van der Waals surface area contributed by atoms with Crippen molar-refractivity contribution in [3.63, 3.8) is 0 Å². The maximum Gasteiger partial charge on any atom is 0.148 e. The molecule has 0 spiro atoms. The molecule has 80 valence electrons. The standard InChI is InChI=1S/C13H15ClO/c1-5-8-15-12-7-6-10(9-11(12)14)13(2,3)4/h1,6-7,9H,8H2,2-4H3. The van der Waals surface area contributed by atoms with E-state index in [4.69, 9.17) is 22.8 Å². The molecule has 0 aliphatic rings. The summed E-state index contributed by atoms with van der Waals surface area (Å²) in [5.41, 5.74) is 1.27. The van der Waals surface area contributed by atoms with E-state index in [1.165, 1.54) is 5.56 Å². The van der Waals surface area contributed by atoms with Crippen LogP contribution in [-0.4, -0.2) is 6.61 Å². The molecule has 1 aromatic carbocycles. The van der Waals surface area contributed by atoms with Crippen molar-refractivity contribution in [3.8, 4) is 18.1 Å². The summed E-state index contributed by atoms with van der Waals surface area (Å²) in [7, 11) is 0. The SMILES string of the molecule is C#CCOc1ccc(C(C)(C)C)cc1Cl. The van der Waals surface area contributed by atoms with Crippen molar-refractivity contribution in [1.82, 2.24) is 0 Å². The van der Waals surface area contributed by atoms with Gasteiger partial charge in [0.05, 0.1) is 5.02 Å². The Balaban J connectivity index is 2.94. The van der Waals surface area contributed by atoms with Crippen molar-refractivity contribution in [2.24, 2.45) is 0 Å². The Morgan fingerprint density at radius 1 is 1.40 bits per heavy atom. The van der Waals surface area contributed by atoms with Crippen LogP contribution >= 0.6 is 11.6 Å². The third-order valence-corrected chi connectivity index (χ3v) is 2.40. The number of hydrogen-bond acceptors (Lipinski definition) is 1. The number of ether oxygens (including phenoxy) is 1. The molecule has 1 nitrogen and oxygen atoms in total. The second-order valence-corrected chi connectivity index (χ2v) is 4.80. The Kier molecular flexibility index (Phi) is 3.66. The van der Waals surface area contributed by atoms with Gasteiger partial charge in [0.2, 0.25) is 0 Å². The highest BCUT2D eigenvalue weighted by Crippen LogP contribution is 2.30. The van der Waals surface area contributed by atoms with E-state index in [1.54, 1.807) is 0 Å². The first-order chi connectivity index (χ1) is 6.95. The van der Waals surface area contributed by atoms with Gasteiger partial charge in [0, 0.05) is 0 Å². The third kappa shape index (κ3) is 3.18. The second-order valence-electron chi connectivity index (χ2n) is 4.39. The van der Waals surface area contributed by atoms with Crippen LogP contribution in [0.4, 0.5) is 0 Å². The Morgan fingerprint density at radius 3 is 2.53 bits per heavy atom. The lowest BCUT2D eigenvalue weighted by molar-refractivity contribution is 0.370. The number of halogens is 1. The summed E-state index contributed by atoms with van der Waals surface area (Å²) in [5.74, 6) is 3.05. The van der Waals surface area contributed by atoms with E-state index in [-0.39, 0.29) is 12.0 Å². The van der Waals surface area contributed by atoms with E-state index in [0.29, 0.717) is 10.8 Å². The van der Waals surface area contributed by atoms with E-state index in [0.717, 1.165) is 0 Å². The molecule has 0 radical (unpaired) electrons. The topological polar surface area (TPSA) is 9.23 Å². The van der Waals surface area contributed by atoms with Gasteiger partial charge in [-0.05, 0) is 23.1 Å². The van der Waals surface area contributed by atoms with Crippen LogP contribution in [0.5, 0.6) is 5.75 Å². The summed E-state index contributed by atoms with van der Waals surface area (Å²) < 4.78 is 5.29. The van der Waals surface area contributed by atoms with Gasteiger partial charge >= 0.3 is 0 Å². The maximum atomic E-state index is 6.08. The van der Waals surface area contributed by atoms with Crippen molar-refractivity contribution in [2.45, 2.75) is 26.2 Å². The molecule has 0 amide bonds. The summed E-state index contributed by atoms with van der Waals surface area (Å²) >= 11 is 6.08. The lowest BCUT2D eigenvalue weighted by atomic mass is 9.87. The third-order valence-electron chi connectivity index (χ3n) is 2.11. The fourth-order valence-corrected chi connectivity index (χ4v) is 1.44. The first-order valence-electron chi connectivity index (χ1n) is 4.81. The van der Waals surface area contributed by atoms with E-state index in [9.17, 15) is 0 Å². The van der Waals surface area contributed by atoms with E-state index in [1.807, 2.05) is 18.2 Å². The fraction of sp³-hybridized carbons (Fsp3) is 0.385. The van der Waals surface area contributed by atoms with Gasteiger partial charge in [-0.3, -0.25) is 0 Å². The second kappa shape index (κ2) is 4.59. The molecular formula is C13H15ClO. The molecule has 0 heterocycles. The van der Waals surface area contributed by atoms with Crippen LogP contribution in [0.25, 0.3) is 0 Å². The Bertz CT molecular complexity index is 383. The minimum Gasteiger partial charge on any atom is -0.479 e. The molecule has 0 saturated carbocycles. The molecule has 0 aliphatic heterocycles. The lowest BCUT2D eigenvalue weighted by Gasteiger charge is -2.19. The van der Waals surface area contributed by atoms with Crippen LogP contribution in [0.15, 0.2) is 18.2 Å². The number of terminal acetylenes is 1. The van der Waals surface area contributed by atoms with Gasteiger partial charge in [-0.15, -0.1) is 6.42 Å². The summed E-state index contributed by atoms with van der Waals surface area (Å²) in [6.07, 6.45) is 5.11. The Hall–Kier alpha value is -1.13.